The number of amides is 1. The second-order valence-corrected chi connectivity index (χ2v) is 6.46. The second-order valence-electron chi connectivity index (χ2n) is 6.02. The van der Waals surface area contributed by atoms with Gasteiger partial charge in [-0.2, -0.15) is 0 Å². The summed E-state index contributed by atoms with van der Waals surface area (Å²) in [5, 5.41) is 3.09. The van der Waals surface area contributed by atoms with Gasteiger partial charge in [-0.05, 0) is 46.7 Å². The average Bonchev–Trinajstić information content (AvgIpc) is 2.59. The monoisotopic (exact) mass is 321 g/mol. The second kappa shape index (κ2) is 5.39. The number of carbonyl (C=O) groups excluding carboxylic acids is 1. The van der Waals surface area contributed by atoms with Gasteiger partial charge in [0.25, 0.3) is 0 Å². The Kier molecular flexibility index (Phi) is 3.35. The first-order valence-corrected chi connectivity index (χ1v) is 8.10. The molecule has 1 aliphatic rings. The molecule has 2 atom stereocenters. The Morgan fingerprint density at radius 1 is 0.913 bits per heavy atom. The van der Waals surface area contributed by atoms with E-state index in [-0.39, 0.29) is 17.9 Å². The SMILES string of the molecule is C[C@@H]1C(=O)N(c2ccc(Cl)cc2)[C@@H]1c1ccc2ccccc2c1. The lowest BCUT2D eigenvalue weighted by Gasteiger charge is -2.46. The summed E-state index contributed by atoms with van der Waals surface area (Å²) in [7, 11) is 0. The number of hydrogen-bond acceptors (Lipinski definition) is 1. The van der Waals surface area contributed by atoms with Crippen LogP contribution in [0, 0.1) is 5.92 Å². The molecule has 1 aliphatic heterocycles. The smallest absolute Gasteiger partial charge is 0.232 e. The minimum absolute atomic E-state index is 0.00756. The Morgan fingerprint density at radius 3 is 2.35 bits per heavy atom. The number of hydrogen-bond donors (Lipinski definition) is 0. The average molecular weight is 322 g/mol. The van der Waals surface area contributed by atoms with Crippen LogP contribution in [0.15, 0.2) is 66.7 Å². The van der Waals surface area contributed by atoms with E-state index in [1.807, 2.05) is 48.2 Å². The molecule has 23 heavy (non-hydrogen) atoms. The maximum absolute atomic E-state index is 12.4. The van der Waals surface area contributed by atoms with E-state index in [1.54, 1.807) is 0 Å². The van der Waals surface area contributed by atoms with E-state index in [2.05, 4.69) is 30.3 Å². The summed E-state index contributed by atoms with van der Waals surface area (Å²) in [6, 6.07) is 22.3. The predicted molar refractivity (Wildman–Crippen MR) is 94.8 cm³/mol. The first-order chi connectivity index (χ1) is 11.1. The number of carbonyl (C=O) groups is 1. The maximum Gasteiger partial charge on any atom is 0.232 e. The normalized spacial score (nSPS) is 20.6. The zero-order valence-corrected chi connectivity index (χ0v) is 13.5. The van der Waals surface area contributed by atoms with Crippen molar-refractivity contribution < 1.29 is 4.79 Å². The van der Waals surface area contributed by atoms with Crippen molar-refractivity contribution in [2.75, 3.05) is 4.90 Å². The van der Waals surface area contributed by atoms with Gasteiger partial charge in [-0.15, -0.1) is 0 Å². The largest absolute Gasteiger partial charge is 0.304 e. The van der Waals surface area contributed by atoms with Gasteiger partial charge in [0.05, 0.1) is 12.0 Å². The van der Waals surface area contributed by atoms with Crippen LogP contribution in [0.4, 0.5) is 5.69 Å². The highest BCUT2D eigenvalue weighted by molar-refractivity contribution is 6.30. The zero-order chi connectivity index (χ0) is 16.0. The molecule has 1 fully saturated rings. The molecule has 114 valence electrons. The van der Waals surface area contributed by atoms with E-state index in [9.17, 15) is 4.79 Å². The van der Waals surface area contributed by atoms with E-state index >= 15 is 0 Å². The van der Waals surface area contributed by atoms with Crippen molar-refractivity contribution in [3.63, 3.8) is 0 Å². The summed E-state index contributed by atoms with van der Waals surface area (Å²) >= 11 is 5.96. The molecule has 0 radical (unpaired) electrons. The zero-order valence-electron chi connectivity index (χ0n) is 12.7. The van der Waals surface area contributed by atoms with Gasteiger partial charge in [0.2, 0.25) is 5.91 Å². The highest BCUT2D eigenvalue weighted by atomic mass is 35.5. The van der Waals surface area contributed by atoms with Crippen molar-refractivity contribution in [1.29, 1.82) is 0 Å². The summed E-state index contributed by atoms with van der Waals surface area (Å²) in [5.41, 5.74) is 2.07. The Labute approximate surface area is 140 Å². The van der Waals surface area contributed by atoms with Crippen LogP contribution in [0.2, 0.25) is 5.02 Å². The molecule has 0 bridgehead atoms. The molecular formula is C20H16ClNO. The summed E-state index contributed by atoms with van der Waals surface area (Å²) < 4.78 is 0. The van der Waals surface area contributed by atoms with Gasteiger partial charge in [0.1, 0.15) is 0 Å². The molecule has 0 unspecified atom stereocenters. The summed E-state index contributed by atoms with van der Waals surface area (Å²) in [4.78, 5) is 14.3. The van der Waals surface area contributed by atoms with Crippen molar-refractivity contribution >= 4 is 34.0 Å². The third-order valence-electron chi connectivity index (χ3n) is 4.60. The number of β-lactam (4-membered cyclic amide) rings is 1. The fraction of sp³-hybridized carbons (Fsp3) is 0.150. The van der Waals surface area contributed by atoms with Crippen molar-refractivity contribution in [2.45, 2.75) is 13.0 Å². The van der Waals surface area contributed by atoms with Gasteiger partial charge in [-0.3, -0.25) is 4.79 Å². The Hall–Kier alpha value is -2.32. The van der Waals surface area contributed by atoms with E-state index < -0.39 is 0 Å². The molecule has 0 N–H and O–H groups in total. The van der Waals surface area contributed by atoms with Gasteiger partial charge < -0.3 is 4.90 Å². The topological polar surface area (TPSA) is 20.3 Å². The molecule has 1 heterocycles. The Morgan fingerprint density at radius 2 is 1.61 bits per heavy atom. The highest BCUT2D eigenvalue weighted by Crippen LogP contribution is 2.43. The number of halogens is 1. The van der Waals surface area contributed by atoms with Crippen molar-refractivity contribution in [2.24, 2.45) is 5.92 Å². The predicted octanol–water partition coefficient (Wildman–Crippen LogP) is 5.22. The van der Waals surface area contributed by atoms with E-state index in [0.717, 1.165) is 5.69 Å². The lowest BCUT2D eigenvalue weighted by Crippen LogP contribution is -2.54. The Balaban J connectivity index is 1.75. The van der Waals surface area contributed by atoms with Gasteiger partial charge in [0.15, 0.2) is 0 Å². The lowest BCUT2D eigenvalue weighted by molar-refractivity contribution is -0.129. The Bertz CT molecular complexity index is 888. The molecule has 2 nitrogen and oxygen atoms in total. The van der Waals surface area contributed by atoms with Crippen molar-refractivity contribution in [1.82, 2.24) is 0 Å². The van der Waals surface area contributed by atoms with E-state index in [1.165, 1.54) is 16.3 Å². The van der Waals surface area contributed by atoms with Crippen molar-refractivity contribution in [3.8, 4) is 0 Å². The van der Waals surface area contributed by atoms with E-state index in [0.29, 0.717) is 5.02 Å². The molecular weight excluding hydrogens is 306 g/mol. The molecule has 4 rings (SSSR count). The van der Waals surface area contributed by atoms with Gasteiger partial charge >= 0.3 is 0 Å². The van der Waals surface area contributed by atoms with Gasteiger partial charge in [-0.1, -0.05) is 54.9 Å². The quantitative estimate of drug-likeness (QED) is 0.593. The van der Waals surface area contributed by atoms with Crippen LogP contribution < -0.4 is 4.90 Å². The fourth-order valence-corrected chi connectivity index (χ4v) is 3.48. The molecule has 3 heteroatoms. The first kappa shape index (κ1) is 14.3. The summed E-state index contributed by atoms with van der Waals surface area (Å²) in [6.45, 7) is 1.99. The van der Waals surface area contributed by atoms with Crippen LogP contribution in [0.3, 0.4) is 0 Å². The van der Waals surface area contributed by atoms with E-state index in [4.69, 9.17) is 11.6 Å². The van der Waals surface area contributed by atoms with Crippen LogP contribution in [-0.4, -0.2) is 5.91 Å². The fourth-order valence-electron chi connectivity index (χ4n) is 3.35. The molecule has 0 aromatic heterocycles. The number of anilines is 1. The lowest BCUT2D eigenvalue weighted by atomic mass is 9.82. The minimum Gasteiger partial charge on any atom is -0.304 e. The minimum atomic E-state index is -0.00756. The molecule has 0 aliphatic carbocycles. The molecule has 3 aromatic carbocycles. The van der Waals surface area contributed by atoms with Gasteiger partial charge in [-0.25, -0.2) is 0 Å². The molecule has 1 saturated heterocycles. The van der Waals surface area contributed by atoms with Crippen LogP contribution in [0.25, 0.3) is 10.8 Å². The maximum atomic E-state index is 12.4. The van der Waals surface area contributed by atoms with Gasteiger partial charge in [0, 0.05) is 10.7 Å². The number of rotatable bonds is 2. The third-order valence-corrected chi connectivity index (χ3v) is 4.85. The molecule has 1 amide bonds. The van der Waals surface area contributed by atoms with Crippen LogP contribution in [0.5, 0.6) is 0 Å². The third kappa shape index (κ3) is 2.30. The highest BCUT2D eigenvalue weighted by Gasteiger charge is 2.45. The number of nitrogens with zero attached hydrogens (tertiary/aromatic N) is 1. The molecule has 0 saturated carbocycles. The van der Waals surface area contributed by atoms with Crippen LogP contribution >= 0.6 is 11.6 Å². The number of fused-ring (bicyclic) bond motifs is 1. The van der Waals surface area contributed by atoms with Crippen LogP contribution in [-0.2, 0) is 4.79 Å². The van der Waals surface area contributed by atoms with Crippen molar-refractivity contribution in [3.05, 3.63) is 77.3 Å². The molecule has 0 spiro atoms. The summed E-state index contributed by atoms with van der Waals surface area (Å²) in [5.74, 6) is 0.150. The van der Waals surface area contributed by atoms with Crippen LogP contribution in [0.1, 0.15) is 18.5 Å². The standard InChI is InChI=1S/C20H16ClNO/c1-13-19(16-7-6-14-4-2-3-5-15(14)12-16)22(20(13)23)18-10-8-17(21)9-11-18/h2-13,19H,1H3/t13-,19-/m0/s1. The summed E-state index contributed by atoms with van der Waals surface area (Å²) in [6.07, 6.45) is 0. The molecule has 3 aromatic rings. The number of benzene rings is 3. The first-order valence-electron chi connectivity index (χ1n) is 7.72.